The largest absolute Gasteiger partial charge is 0.322 e. The summed E-state index contributed by atoms with van der Waals surface area (Å²) in [5.41, 5.74) is 2.61. The van der Waals surface area contributed by atoms with Gasteiger partial charge in [-0.1, -0.05) is 48.0 Å². The lowest BCUT2D eigenvalue weighted by Gasteiger charge is -2.20. The first-order chi connectivity index (χ1) is 14.8. The number of hydrogen-bond acceptors (Lipinski definition) is 3. The maximum absolute atomic E-state index is 12.9. The zero-order valence-corrected chi connectivity index (χ0v) is 18.1. The van der Waals surface area contributed by atoms with E-state index in [9.17, 15) is 13.2 Å². The van der Waals surface area contributed by atoms with Crippen LogP contribution in [0.25, 0.3) is 10.8 Å². The van der Waals surface area contributed by atoms with Crippen LogP contribution < -0.4 is 9.62 Å². The SMILES string of the molecule is Cc1ccc(S(=O)(=O)N(C)c2ccc(C(=O)Nc3ccc4ccccc4c3)cc2)cc1. The van der Waals surface area contributed by atoms with Gasteiger partial charge in [-0.05, 0) is 66.2 Å². The van der Waals surface area contributed by atoms with Gasteiger partial charge in [0.25, 0.3) is 15.9 Å². The third kappa shape index (κ3) is 4.29. The Balaban J connectivity index is 1.51. The Morgan fingerprint density at radius 1 is 0.806 bits per heavy atom. The zero-order chi connectivity index (χ0) is 22.0. The molecule has 0 aliphatic carbocycles. The van der Waals surface area contributed by atoms with Gasteiger partial charge in [0.15, 0.2) is 0 Å². The first-order valence-corrected chi connectivity index (χ1v) is 11.2. The quantitative estimate of drug-likeness (QED) is 0.472. The average molecular weight is 431 g/mol. The minimum absolute atomic E-state index is 0.221. The molecule has 0 aromatic heterocycles. The van der Waals surface area contributed by atoms with Crippen LogP contribution in [0.3, 0.4) is 0 Å². The molecular weight excluding hydrogens is 408 g/mol. The van der Waals surface area contributed by atoms with Crippen LogP contribution in [0.1, 0.15) is 15.9 Å². The van der Waals surface area contributed by atoms with Crippen molar-refractivity contribution in [3.05, 3.63) is 102 Å². The van der Waals surface area contributed by atoms with E-state index in [1.807, 2.05) is 49.4 Å². The highest BCUT2D eigenvalue weighted by molar-refractivity contribution is 7.92. The maximum atomic E-state index is 12.9. The minimum atomic E-state index is -3.68. The molecule has 4 aromatic carbocycles. The van der Waals surface area contributed by atoms with Crippen LogP contribution >= 0.6 is 0 Å². The second-order valence-corrected chi connectivity index (χ2v) is 9.32. The van der Waals surface area contributed by atoms with E-state index in [0.29, 0.717) is 16.9 Å². The predicted octanol–water partition coefficient (Wildman–Crippen LogP) is 5.23. The summed E-state index contributed by atoms with van der Waals surface area (Å²) in [4.78, 5) is 12.9. The fourth-order valence-corrected chi connectivity index (χ4v) is 4.50. The molecule has 1 N–H and O–H groups in total. The highest BCUT2D eigenvalue weighted by Gasteiger charge is 2.21. The average Bonchev–Trinajstić information content (AvgIpc) is 2.79. The highest BCUT2D eigenvalue weighted by atomic mass is 32.2. The van der Waals surface area contributed by atoms with Gasteiger partial charge in [-0.3, -0.25) is 9.10 Å². The van der Waals surface area contributed by atoms with Crippen LogP contribution in [0.5, 0.6) is 0 Å². The number of carbonyl (C=O) groups excluding carboxylic acids is 1. The van der Waals surface area contributed by atoms with Crippen molar-refractivity contribution in [2.24, 2.45) is 0 Å². The van der Waals surface area contributed by atoms with E-state index < -0.39 is 10.0 Å². The first kappa shape index (κ1) is 20.6. The van der Waals surface area contributed by atoms with Gasteiger partial charge < -0.3 is 5.32 Å². The van der Waals surface area contributed by atoms with E-state index in [-0.39, 0.29) is 10.8 Å². The molecule has 0 saturated carbocycles. The number of nitrogens with one attached hydrogen (secondary N) is 1. The normalized spacial score (nSPS) is 11.3. The van der Waals surface area contributed by atoms with E-state index in [1.54, 1.807) is 48.5 Å². The molecule has 0 aliphatic rings. The third-order valence-corrected chi connectivity index (χ3v) is 6.98. The molecule has 31 heavy (non-hydrogen) atoms. The number of rotatable bonds is 5. The maximum Gasteiger partial charge on any atom is 0.264 e. The molecule has 5 nitrogen and oxygen atoms in total. The van der Waals surface area contributed by atoms with Crippen LogP contribution in [0, 0.1) is 6.92 Å². The number of nitrogens with zero attached hydrogens (tertiary/aromatic N) is 1. The summed E-state index contributed by atoms with van der Waals surface area (Å²) in [6.45, 7) is 1.90. The van der Waals surface area contributed by atoms with E-state index in [2.05, 4.69) is 5.32 Å². The standard InChI is InChI=1S/C25H22N2O3S/c1-18-7-15-24(16-8-18)31(29,30)27(2)23-13-10-20(11-14-23)25(28)26-22-12-9-19-5-3-4-6-21(19)17-22/h3-17H,1-2H3,(H,26,28). The molecule has 156 valence electrons. The van der Waals surface area contributed by atoms with Crippen molar-refractivity contribution in [2.75, 3.05) is 16.7 Å². The van der Waals surface area contributed by atoms with Gasteiger partial charge in [0.05, 0.1) is 10.6 Å². The van der Waals surface area contributed by atoms with Gasteiger partial charge in [-0.25, -0.2) is 8.42 Å². The molecule has 0 bridgehead atoms. The van der Waals surface area contributed by atoms with Gasteiger partial charge in [-0.15, -0.1) is 0 Å². The van der Waals surface area contributed by atoms with Crippen molar-refractivity contribution in [1.82, 2.24) is 0 Å². The molecule has 0 saturated heterocycles. The molecular formula is C25H22N2O3S. The number of aryl methyl sites for hydroxylation is 1. The summed E-state index contributed by atoms with van der Waals surface area (Å²) in [5.74, 6) is -0.258. The molecule has 1 amide bonds. The second-order valence-electron chi connectivity index (χ2n) is 7.35. The van der Waals surface area contributed by atoms with Crippen molar-refractivity contribution < 1.29 is 13.2 Å². The molecule has 4 aromatic rings. The molecule has 6 heteroatoms. The van der Waals surface area contributed by atoms with Gasteiger partial charge in [0, 0.05) is 18.3 Å². The Kier molecular flexibility index (Phi) is 5.48. The zero-order valence-electron chi connectivity index (χ0n) is 17.2. The smallest absolute Gasteiger partial charge is 0.264 e. The molecule has 0 spiro atoms. The number of sulfonamides is 1. The van der Waals surface area contributed by atoms with Crippen molar-refractivity contribution in [3.63, 3.8) is 0 Å². The monoisotopic (exact) mass is 430 g/mol. The molecule has 0 aliphatic heterocycles. The highest BCUT2D eigenvalue weighted by Crippen LogP contribution is 2.24. The first-order valence-electron chi connectivity index (χ1n) is 9.80. The van der Waals surface area contributed by atoms with Crippen LogP contribution in [-0.2, 0) is 10.0 Å². The fraction of sp³-hybridized carbons (Fsp3) is 0.0800. The van der Waals surface area contributed by atoms with Crippen molar-refractivity contribution in [1.29, 1.82) is 0 Å². The molecule has 4 rings (SSSR count). The Morgan fingerprint density at radius 2 is 1.45 bits per heavy atom. The number of hydrogen-bond donors (Lipinski definition) is 1. The number of anilines is 2. The lowest BCUT2D eigenvalue weighted by atomic mass is 10.1. The van der Waals surface area contributed by atoms with Gasteiger partial charge in [-0.2, -0.15) is 0 Å². The summed E-state index contributed by atoms with van der Waals surface area (Å²) < 4.78 is 26.9. The van der Waals surface area contributed by atoms with Gasteiger partial charge >= 0.3 is 0 Å². The lowest BCUT2D eigenvalue weighted by Crippen LogP contribution is -2.26. The van der Waals surface area contributed by atoms with E-state index in [0.717, 1.165) is 16.3 Å². The Bertz CT molecular complexity index is 1350. The van der Waals surface area contributed by atoms with Crippen LogP contribution in [0.2, 0.25) is 0 Å². The summed E-state index contributed by atoms with van der Waals surface area (Å²) in [5, 5.41) is 5.03. The summed E-state index contributed by atoms with van der Waals surface area (Å²) in [7, 11) is -2.18. The van der Waals surface area contributed by atoms with Crippen LogP contribution in [0.4, 0.5) is 11.4 Å². The number of amides is 1. The van der Waals surface area contributed by atoms with Crippen molar-refractivity contribution >= 4 is 38.1 Å². The van der Waals surface area contributed by atoms with Crippen LogP contribution in [0.15, 0.2) is 95.9 Å². The van der Waals surface area contributed by atoms with E-state index >= 15 is 0 Å². The van der Waals surface area contributed by atoms with Crippen molar-refractivity contribution in [2.45, 2.75) is 11.8 Å². The molecule has 0 atom stereocenters. The molecule has 0 unspecified atom stereocenters. The number of benzene rings is 4. The topological polar surface area (TPSA) is 66.5 Å². The number of carbonyl (C=O) groups is 1. The lowest BCUT2D eigenvalue weighted by molar-refractivity contribution is 0.102. The third-order valence-electron chi connectivity index (χ3n) is 5.18. The van der Waals surface area contributed by atoms with E-state index in [1.165, 1.54) is 11.4 Å². The Labute approximate surface area is 182 Å². The summed E-state index contributed by atoms with van der Waals surface area (Å²) in [6, 6.07) is 26.9. The Hall–Kier alpha value is -3.64. The van der Waals surface area contributed by atoms with Crippen LogP contribution in [-0.4, -0.2) is 21.4 Å². The fourth-order valence-electron chi connectivity index (χ4n) is 3.30. The predicted molar refractivity (Wildman–Crippen MR) is 125 cm³/mol. The number of fused-ring (bicyclic) bond motifs is 1. The van der Waals surface area contributed by atoms with Crippen molar-refractivity contribution in [3.8, 4) is 0 Å². The Morgan fingerprint density at radius 3 is 2.13 bits per heavy atom. The molecule has 0 radical (unpaired) electrons. The molecule has 0 fully saturated rings. The van der Waals surface area contributed by atoms with Gasteiger partial charge in [0.1, 0.15) is 0 Å². The molecule has 0 heterocycles. The van der Waals surface area contributed by atoms with E-state index in [4.69, 9.17) is 0 Å². The summed E-state index contributed by atoms with van der Waals surface area (Å²) >= 11 is 0. The minimum Gasteiger partial charge on any atom is -0.322 e. The summed E-state index contributed by atoms with van der Waals surface area (Å²) in [6.07, 6.45) is 0. The van der Waals surface area contributed by atoms with Gasteiger partial charge in [0.2, 0.25) is 0 Å². The second kappa shape index (κ2) is 8.24.